The van der Waals surface area contributed by atoms with Crippen molar-refractivity contribution >= 4 is 5.71 Å². The monoisotopic (exact) mass is 241 g/mol. The first-order chi connectivity index (χ1) is 7.83. The Morgan fingerprint density at radius 1 is 1.12 bits per heavy atom. The zero-order valence-corrected chi connectivity index (χ0v) is 11.2. The van der Waals surface area contributed by atoms with E-state index in [1.165, 1.54) is 0 Å². The summed E-state index contributed by atoms with van der Waals surface area (Å²) in [6.07, 6.45) is 2.64. The quantitative estimate of drug-likeness (QED) is 0.524. The van der Waals surface area contributed by atoms with Crippen molar-refractivity contribution in [3.8, 4) is 0 Å². The molecule has 0 aromatic rings. The normalized spacial score (nSPS) is 32.8. The van der Waals surface area contributed by atoms with Gasteiger partial charge in [-0.1, -0.05) is 19.0 Å². The average Bonchev–Trinajstić information content (AvgIpc) is 2.25. The standard InChI is InChI=1S/C13H23NO3/c1-11(2)8-16-13(17-9-11)7-5-6-10(14-15)12(13,3)4/h15H,5-9H2,1-4H3/b14-10+. The van der Waals surface area contributed by atoms with Crippen LogP contribution in [0.3, 0.4) is 0 Å². The van der Waals surface area contributed by atoms with Gasteiger partial charge in [0, 0.05) is 11.8 Å². The molecule has 4 heteroatoms. The van der Waals surface area contributed by atoms with Gasteiger partial charge in [-0.15, -0.1) is 0 Å². The molecule has 0 amide bonds. The van der Waals surface area contributed by atoms with Crippen LogP contribution < -0.4 is 0 Å². The number of nitrogens with zero attached hydrogens (tertiary/aromatic N) is 1. The van der Waals surface area contributed by atoms with E-state index in [0.29, 0.717) is 13.2 Å². The van der Waals surface area contributed by atoms with Crippen molar-refractivity contribution in [2.75, 3.05) is 13.2 Å². The van der Waals surface area contributed by atoms with E-state index in [2.05, 4.69) is 19.0 Å². The molecule has 0 atom stereocenters. The van der Waals surface area contributed by atoms with Crippen LogP contribution >= 0.6 is 0 Å². The van der Waals surface area contributed by atoms with Crippen molar-refractivity contribution in [3.63, 3.8) is 0 Å². The fraction of sp³-hybridized carbons (Fsp3) is 0.923. The van der Waals surface area contributed by atoms with E-state index in [9.17, 15) is 0 Å². The average molecular weight is 241 g/mol. The van der Waals surface area contributed by atoms with Crippen LogP contribution in [-0.4, -0.2) is 29.9 Å². The van der Waals surface area contributed by atoms with Gasteiger partial charge in [0.1, 0.15) is 0 Å². The molecule has 1 N–H and O–H groups in total. The maximum Gasteiger partial charge on any atom is 0.178 e. The van der Waals surface area contributed by atoms with Gasteiger partial charge < -0.3 is 14.7 Å². The summed E-state index contributed by atoms with van der Waals surface area (Å²) in [6, 6.07) is 0. The maximum absolute atomic E-state index is 9.12. The van der Waals surface area contributed by atoms with Gasteiger partial charge in [-0.25, -0.2) is 0 Å². The van der Waals surface area contributed by atoms with Crippen LogP contribution in [0.25, 0.3) is 0 Å². The SMILES string of the molecule is CC1(C)COC2(CCC/C(=N\O)C2(C)C)OC1. The molecule has 0 aromatic carbocycles. The van der Waals surface area contributed by atoms with Gasteiger partial charge >= 0.3 is 0 Å². The Morgan fingerprint density at radius 3 is 2.24 bits per heavy atom. The molecule has 1 aliphatic carbocycles. The van der Waals surface area contributed by atoms with Gasteiger partial charge in [0.15, 0.2) is 5.79 Å². The lowest BCUT2D eigenvalue weighted by Gasteiger charge is -2.53. The summed E-state index contributed by atoms with van der Waals surface area (Å²) in [5, 5.41) is 12.6. The van der Waals surface area contributed by atoms with Crippen LogP contribution in [0.15, 0.2) is 5.16 Å². The van der Waals surface area contributed by atoms with Crippen LogP contribution in [0, 0.1) is 10.8 Å². The molecular weight excluding hydrogens is 218 g/mol. The van der Waals surface area contributed by atoms with Crippen LogP contribution in [0.1, 0.15) is 47.0 Å². The number of hydrogen-bond donors (Lipinski definition) is 1. The molecule has 1 aliphatic heterocycles. The summed E-state index contributed by atoms with van der Waals surface area (Å²) in [5.74, 6) is -0.609. The van der Waals surface area contributed by atoms with Crippen molar-refractivity contribution < 1.29 is 14.7 Å². The Labute approximate surface area is 103 Å². The largest absolute Gasteiger partial charge is 0.411 e. The van der Waals surface area contributed by atoms with E-state index >= 15 is 0 Å². The highest BCUT2D eigenvalue weighted by Gasteiger charge is 2.55. The molecule has 0 aromatic heterocycles. The van der Waals surface area contributed by atoms with Gasteiger partial charge in [0.2, 0.25) is 0 Å². The molecular formula is C13H23NO3. The zero-order valence-electron chi connectivity index (χ0n) is 11.2. The Bertz CT molecular complexity index is 324. The Hall–Kier alpha value is -0.610. The van der Waals surface area contributed by atoms with E-state index in [1.807, 2.05) is 13.8 Å². The highest BCUT2D eigenvalue weighted by Crippen LogP contribution is 2.48. The third kappa shape index (κ3) is 1.97. The van der Waals surface area contributed by atoms with Crippen LogP contribution in [0.2, 0.25) is 0 Å². The number of hydrogen-bond acceptors (Lipinski definition) is 4. The predicted octanol–water partition coefficient (Wildman–Crippen LogP) is 2.80. The minimum absolute atomic E-state index is 0.0648. The summed E-state index contributed by atoms with van der Waals surface area (Å²) in [7, 11) is 0. The fourth-order valence-corrected chi connectivity index (χ4v) is 2.72. The maximum atomic E-state index is 9.12. The molecule has 1 saturated carbocycles. The fourth-order valence-electron chi connectivity index (χ4n) is 2.72. The smallest absolute Gasteiger partial charge is 0.178 e. The first-order valence-corrected chi connectivity index (χ1v) is 6.32. The van der Waals surface area contributed by atoms with Crippen LogP contribution in [-0.2, 0) is 9.47 Å². The third-order valence-electron chi connectivity index (χ3n) is 4.11. The molecule has 1 heterocycles. The summed E-state index contributed by atoms with van der Waals surface area (Å²) >= 11 is 0. The van der Waals surface area contributed by atoms with E-state index < -0.39 is 5.79 Å². The molecule has 0 unspecified atom stereocenters. The summed E-state index contributed by atoms with van der Waals surface area (Å²) in [5.41, 5.74) is 0.481. The van der Waals surface area contributed by atoms with Gasteiger partial charge in [0.05, 0.1) is 24.3 Å². The highest BCUT2D eigenvalue weighted by molar-refractivity contribution is 5.90. The molecule has 98 valence electrons. The Kier molecular flexibility index (Phi) is 2.99. The highest BCUT2D eigenvalue weighted by atomic mass is 16.7. The Balaban J connectivity index is 2.25. The van der Waals surface area contributed by atoms with Crippen LogP contribution in [0.5, 0.6) is 0 Å². The second-order valence-electron chi connectivity index (χ2n) is 6.52. The molecule has 2 rings (SSSR count). The van der Waals surface area contributed by atoms with Crippen molar-refractivity contribution in [2.24, 2.45) is 16.0 Å². The van der Waals surface area contributed by atoms with Crippen LogP contribution in [0.4, 0.5) is 0 Å². The molecule has 0 bridgehead atoms. The summed E-state index contributed by atoms with van der Waals surface area (Å²) in [6.45, 7) is 9.73. The molecule has 2 aliphatic rings. The molecule has 4 nitrogen and oxygen atoms in total. The molecule has 1 saturated heterocycles. The second-order valence-corrected chi connectivity index (χ2v) is 6.52. The first kappa shape index (κ1) is 12.8. The van der Waals surface area contributed by atoms with E-state index in [4.69, 9.17) is 14.7 Å². The van der Waals surface area contributed by atoms with Gasteiger partial charge in [-0.3, -0.25) is 0 Å². The zero-order chi connectivity index (χ0) is 12.7. The lowest BCUT2D eigenvalue weighted by Crippen LogP contribution is -2.60. The topological polar surface area (TPSA) is 51.0 Å². The Morgan fingerprint density at radius 2 is 1.71 bits per heavy atom. The molecule has 17 heavy (non-hydrogen) atoms. The predicted molar refractivity (Wildman–Crippen MR) is 65.3 cm³/mol. The lowest BCUT2D eigenvalue weighted by molar-refractivity contribution is -0.336. The number of oxime groups is 1. The molecule has 0 radical (unpaired) electrons. The van der Waals surface area contributed by atoms with Gasteiger partial charge in [-0.2, -0.15) is 0 Å². The van der Waals surface area contributed by atoms with Crippen molar-refractivity contribution in [3.05, 3.63) is 0 Å². The molecule has 1 spiro atoms. The number of ether oxygens (including phenoxy) is 2. The number of rotatable bonds is 0. The van der Waals surface area contributed by atoms with E-state index in [0.717, 1.165) is 25.0 Å². The third-order valence-corrected chi connectivity index (χ3v) is 4.11. The van der Waals surface area contributed by atoms with Crippen molar-refractivity contribution in [1.29, 1.82) is 0 Å². The lowest BCUT2D eigenvalue weighted by atomic mass is 9.69. The summed E-state index contributed by atoms with van der Waals surface area (Å²) < 4.78 is 12.1. The summed E-state index contributed by atoms with van der Waals surface area (Å²) in [4.78, 5) is 0. The molecule has 2 fully saturated rings. The first-order valence-electron chi connectivity index (χ1n) is 6.32. The van der Waals surface area contributed by atoms with E-state index in [-0.39, 0.29) is 10.8 Å². The minimum Gasteiger partial charge on any atom is -0.411 e. The second kappa shape index (κ2) is 3.95. The van der Waals surface area contributed by atoms with E-state index in [1.54, 1.807) is 0 Å². The minimum atomic E-state index is -0.609. The van der Waals surface area contributed by atoms with Gasteiger partial charge in [-0.05, 0) is 26.7 Å². The van der Waals surface area contributed by atoms with Crippen molar-refractivity contribution in [1.82, 2.24) is 0 Å². The van der Waals surface area contributed by atoms with Gasteiger partial charge in [0.25, 0.3) is 0 Å². The van der Waals surface area contributed by atoms with Crippen molar-refractivity contribution in [2.45, 2.75) is 52.7 Å².